The molecule has 0 spiro atoms. The van der Waals surface area contributed by atoms with Gasteiger partial charge in [0.1, 0.15) is 5.84 Å². The second-order valence-corrected chi connectivity index (χ2v) is 8.20. The zero-order valence-corrected chi connectivity index (χ0v) is 14.7. The zero-order chi connectivity index (χ0) is 17.5. The van der Waals surface area contributed by atoms with Crippen LogP contribution in [0.2, 0.25) is 5.02 Å². The molecule has 2 heterocycles. The van der Waals surface area contributed by atoms with Gasteiger partial charge < -0.3 is 0 Å². The van der Waals surface area contributed by atoms with Gasteiger partial charge in [-0.15, -0.1) is 0 Å². The molecule has 1 aromatic carbocycles. The predicted molar refractivity (Wildman–Crippen MR) is 95.9 cm³/mol. The molecule has 1 N–H and O–H groups in total. The highest BCUT2D eigenvalue weighted by molar-refractivity contribution is 8.16. The molecule has 0 saturated carbocycles. The lowest BCUT2D eigenvalue weighted by molar-refractivity contribution is -0.114. The summed E-state index contributed by atoms with van der Waals surface area (Å²) in [4.78, 5) is 17.1. The summed E-state index contributed by atoms with van der Waals surface area (Å²) >= 11 is 6.60. The Morgan fingerprint density at radius 2 is 2.00 bits per heavy atom. The molecule has 1 amide bonds. The van der Waals surface area contributed by atoms with Gasteiger partial charge in [-0.1, -0.05) is 30.7 Å². The molecule has 0 fully saturated rings. The Labute approximate surface area is 147 Å². The molecule has 2 aliphatic rings. The molecule has 1 aromatic rings. The summed E-state index contributed by atoms with van der Waals surface area (Å²) in [5.74, 6) is -1.03. The van der Waals surface area contributed by atoms with E-state index in [2.05, 4.69) is 9.39 Å². The Hall–Kier alpha value is -1.97. The molecule has 124 valence electrons. The zero-order valence-electron chi connectivity index (χ0n) is 12.4. The second kappa shape index (κ2) is 6.15. The Morgan fingerprint density at radius 3 is 2.62 bits per heavy atom. The third kappa shape index (κ3) is 2.90. The van der Waals surface area contributed by atoms with Crippen LogP contribution in [0.25, 0.3) is 6.08 Å². The van der Waals surface area contributed by atoms with Crippen molar-refractivity contribution in [1.29, 1.82) is 5.41 Å². The average Bonchev–Trinajstić information content (AvgIpc) is 2.98. The first-order chi connectivity index (χ1) is 11.3. The lowest BCUT2D eigenvalue weighted by Gasteiger charge is -2.24. The molecule has 7 nitrogen and oxygen atoms in total. The number of carbonyl (C=O) groups excluding carboxylic acids is 1. The van der Waals surface area contributed by atoms with Gasteiger partial charge in [0.05, 0.1) is 23.3 Å². The Balaban J connectivity index is 2.04. The lowest BCUT2D eigenvalue weighted by Crippen LogP contribution is -2.45. The molecule has 0 atom stereocenters. The smallest absolute Gasteiger partial charge is 0.283 e. The van der Waals surface area contributed by atoms with Crippen LogP contribution in [-0.2, 0) is 14.6 Å². The van der Waals surface area contributed by atoms with Crippen LogP contribution >= 0.6 is 23.5 Å². The molecular formula is C14H11ClN4O3S2. The molecule has 0 aliphatic carbocycles. The van der Waals surface area contributed by atoms with Gasteiger partial charge in [0.2, 0.25) is 20.2 Å². The maximum absolute atomic E-state index is 12.2. The van der Waals surface area contributed by atoms with Crippen molar-refractivity contribution in [2.24, 2.45) is 9.39 Å². The third-order valence-electron chi connectivity index (χ3n) is 3.33. The fourth-order valence-corrected chi connectivity index (χ4v) is 4.14. The number of benzene rings is 1. The fourth-order valence-electron chi connectivity index (χ4n) is 2.05. The van der Waals surface area contributed by atoms with E-state index in [1.807, 2.05) is 0 Å². The van der Waals surface area contributed by atoms with E-state index in [1.54, 1.807) is 24.3 Å². The van der Waals surface area contributed by atoms with Crippen molar-refractivity contribution >= 4 is 61.5 Å². The summed E-state index contributed by atoms with van der Waals surface area (Å²) in [6, 6.07) is 6.68. The van der Waals surface area contributed by atoms with E-state index in [0.29, 0.717) is 10.6 Å². The number of hydrogen-bond donors (Lipinski definition) is 1. The highest BCUT2D eigenvalue weighted by Gasteiger charge is 2.41. The van der Waals surface area contributed by atoms with E-state index in [0.717, 1.165) is 16.8 Å². The monoisotopic (exact) mass is 382 g/mol. The van der Waals surface area contributed by atoms with Crippen LogP contribution in [0.1, 0.15) is 12.5 Å². The number of nitrogens with zero attached hydrogens (tertiary/aromatic N) is 3. The molecule has 0 aromatic heterocycles. The molecule has 0 radical (unpaired) electrons. The van der Waals surface area contributed by atoms with Crippen molar-refractivity contribution in [3.63, 3.8) is 0 Å². The summed E-state index contributed by atoms with van der Waals surface area (Å²) in [5.41, 5.74) is 0.636. The summed E-state index contributed by atoms with van der Waals surface area (Å²) in [6.07, 6.45) is 1.47. The molecule has 2 aliphatic heterocycles. The minimum absolute atomic E-state index is 0.0115. The second-order valence-electron chi connectivity index (χ2n) is 4.86. The fraction of sp³-hybridized carbons (Fsp3) is 0.143. The van der Waals surface area contributed by atoms with E-state index in [4.69, 9.17) is 17.0 Å². The van der Waals surface area contributed by atoms with Crippen LogP contribution in [0.5, 0.6) is 0 Å². The average molecular weight is 383 g/mol. The number of fused-ring (bicyclic) bond motifs is 1. The summed E-state index contributed by atoms with van der Waals surface area (Å²) in [7, 11) is -3.64. The first-order valence-electron chi connectivity index (χ1n) is 6.80. The predicted octanol–water partition coefficient (Wildman–Crippen LogP) is 2.35. The van der Waals surface area contributed by atoms with Gasteiger partial charge >= 0.3 is 0 Å². The summed E-state index contributed by atoms with van der Waals surface area (Å²) < 4.78 is 28.1. The molecular weight excluding hydrogens is 372 g/mol. The number of hydrogen-bond acceptors (Lipinski definition) is 6. The van der Waals surface area contributed by atoms with Gasteiger partial charge in [-0.3, -0.25) is 10.2 Å². The Morgan fingerprint density at radius 1 is 1.33 bits per heavy atom. The standard InChI is InChI=1S/C14H11ClN4O3S2/c1-2-24(21,22)14-18-23-13-17-12(20)10(11(16)19(13)14)7-8-3-5-9(15)6-4-8/h3-7,16H,2H2,1H3/b10-7-,16-11?. The summed E-state index contributed by atoms with van der Waals surface area (Å²) in [5, 5.41) is 8.60. The highest BCUT2D eigenvalue weighted by Crippen LogP contribution is 2.30. The van der Waals surface area contributed by atoms with E-state index in [-0.39, 0.29) is 27.5 Å². The largest absolute Gasteiger partial charge is 0.283 e. The van der Waals surface area contributed by atoms with E-state index in [9.17, 15) is 13.2 Å². The number of sulfone groups is 1. The van der Waals surface area contributed by atoms with Crippen molar-refractivity contribution < 1.29 is 13.2 Å². The minimum atomic E-state index is -3.64. The van der Waals surface area contributed by atoms with Crippen LogP contribution < -0.4 is 0 Å². The van der Waals surface area contributed by atoms with E-state index < -0.39 is 15.7 Å². The third-order valence-corrected chi connectivity index (χ3v) is 5.99. The Bertz CT molecular complexity index is 933. The molecule has 0 saturated heterocycles. The summed E-state index contributed by atoms with van der Waals surface area (Å²) in [6.45, 7) is 1.49. The quantitative estimate of drug-likeness (QED) is 0.624. The number of nitrogens with one attached hydrogen (secondary N) is 1. The first-order valence-corrected chi connectivity index (χ1v) is 9.61. The van der Waals surface area contributed by atoms with Crippen molar-refractivity contribution in [1.82, 2.24) is 4.90 Å². The van der Waals surface area contributed by atoms with Crippen LogP contribution in [0, 0.1) is 5.41 Å². The van der Waals surface area contributed by atoms with E-state index >= 15 is 0 Å². The maximum Gasteiger partial charge on any atom is 0.283 e. The van der Waals surface area contributed by atoms with Crippen LogP contribution in [-0.4, -0.2) is 41.1 Å². The maximum atomic E-state index is 12.2. The first kappa shape index (κ1) is 16.9. The van der Waals surface area contributed by atoms with Crippen LogP contribution in [0.4, 0.5) is 0 Å². The highest BCUT2D eigenvalue weighted by atomic mass is 35.5. The number of carbonyl (C=O) groups is 1. The number of amidine groups is 3. The molecule has 3 rings (SSSR count). The normalized spacial score (nSPS) is 19.4. The van der Waals surface area contributed by atoms with Gasteiger partial charge in [0.15, 0.2) is 0 Å². The number of rotatable bonds is 2. The SMILES string of the molecule is CCS(=O)(=O)C1=NSC2=NC(=O)/C(=C\c3ccc(Cl)cc3)C(=N)N21. The van der Waals surface area contributed by atoms with Crippen LogP contribution in [0.15, 0.2) is 39.2 Å². The van der Waals surface area contributed by atoms with Crippen molar-refractivity contribution in [2.75, 3.05) is 5.75 Å². The van der Waals surface area contributed by atoms with Crippen LogP contribution in [0.3, 0.4) is 0 Å². The van der Waals surface area contributed by atoms with Gasteiger partial charge in [-0.25, -0.2) is 13.3 Å². The van der Waals surface area contributed by atoms with Crippen molar-refractivity contribution in [3.8, 4) is 0 Å². The van der Waals surface area contributed by atoms with Gasteiger partial charge in [0.25, 0.3) is 5.91 Å². The number of amides is 1. The van der Waals surface area contributed by atoms with Crippen molar-refractivity contribution in [2.45, 2.75) is 6.92 Å². The van der Waals surface area contributed by atoms with Gasteiger partial charge in [0, 0.05) is 5.02 Å². The van der Waals surface area contributed by atoms with E-state index in [1.165, 1.54) is 13.0 Å². The number of halogens is 1. The minimum Gasteiger partial charge on any atom is -0.283 e. The molecule has 0 unspecified atom stereocenters. The van der Waals surface area contributed by atoms with Gasteiger partial charge in [-0.2, -0.15) is 9.39 Å². The Kier molecular flexibility index (Phi) is 4.33. The van der Waals surface area contributed by atoms with Gasteiger partial charge in [-0.05, 0) is 23.8 Å². The lowest BCUT2D eigenvalue weighted by atomic mass is 10.1. The van der Waals surface area contributed by atoms with Crippen molar-refractivity contribution in [3.05, 3.63) is 40.4 Å². The molecule has 10 heteroatoms. The number of aliphatic imine (C=N–C) groups is 1. The topological polar surface area (TPSA) is 103 Å². The molecule has 24 heavy (non-hydrogen) atoms. The molecule has 0 bridgehead atoms.